The Bertz CT molecular complexity index is 959. The summed E-state index contributed by atoms with van der Waals surface area (Å²) in [5.41, 5.74) is 4.70. The first-order valence-electron chi connectivity index (χ1n) is 8.51. The summed E-state index contributed by atoms with van der Waals surface area (Å²) in [6, 6.07) is 10.4. The summed E-state index contributed by atoms with van der Waals surface area (Å²) in [6.45, 7) is 0. The highest BCUT2D eigenvalue weighted by atomic mass is 32.2. The van der Waals surface area contributed by atoms with E-state index in [0.717, 1.165) is 24.3 Å². The number of nitrogens with two attached hydrogens (primary N) is 1. The number of rotatable bonds is 8. The van der Waals surface area contributed by atoms with Crippen LogP contribution >= 0.6 is 0 Å². The fourth-order valence-electron chi connectivity index (χ4n) is 2.55. The molecule has 2 aromatic rings. The van der Waals surface area contributed by atoms with Crippen molar-refractivity contribution in [1.29, 1.82) is 0 Å². The number of alkyl halides is 3. The molecule has 0 unspecified atom stereocenters. The van der Waals surface area contributed by atoms with Gasteiger partial charge in [-0.25, -0.2) is 8.42 Å². The van der Waals surface area contributed by atoms with E-state index in [0.29, 0.717) is 5.56 Å². The Labute approximate surface area is 165 Å². The number of nitrogens with one attached hydrogen (secondary N) is 1. The molecule has 0 aromatic heterocycles. The molecule has 156 valence electrons. The average Bonchev–Trinajstić information content (AvgIpc) is 2.65. The molecular formula is C19H19F3N2O4S. The van der Waals surface area contributed by atoms with Crippen LogP contribution in [0.1, 0.15) is 17.5 Å². The molecule has 0 heterocycles. The summed E-state index contributed by atoms with van der Waals surface area (Å²) in [7, 11) is -3.67. The number of amides is 2. The van der Waals surface area contributed by atoms with Crippen molar-refractivity contribution < 1.29 is 31.2 Å². The van der Waals surface area contributed by atoms with Gasteiger partial charge in [0, 0.05) is 0 Å². The molecule has 2 rings (SSSR count). The summed E-state index contributed by atoms with van der Waals surface area (Å²) in [5, 5.41) is 2.33. The van der Waals surface area contributed by atoms with Crippen molar-refractivity contribution in [2.24, 2.45) is 5.73 Å². The summed E-state index contributed by atoms with van der Waals surface area (Å²) < 4.78 is 62.3. The van der Waals surface area contributed by atoms with E-state index < -0.39 is 45.2 Å². The molecule has 0 fully saturated rings. The van der Waals surface area contributed by atoms with Gasteiger partial charge in [0.05, 0.1) is 22.6 Å². The molecule has 29 heavy (non-hydrogen) atoms. The Morgan fingerprint density at radius 1 is 1.00 bits per heavy atom. The predicted octanol–water partition coefficient (Wildman–Crippen LogP) is 2.08. The molecule has 2 aromatic carbocycles. The molecule has 0 aliphatic heterocycles. The molecule has 0 spiro atoms. The minimum atomic E-state index is -4.48. The topological polar surface area (TPSA) is 106 Å². The van der Waals surface area contributed by atoms with E-state index in [4.69, 9.17) is 5.73 Å². The molecule has 0 bridgehead atoms. The molecule has 0 radical (unpaired) electrons. The first-order chi connectivity index (χ1) is 13.5. The van der Waals surface area contributed by atoms with Crippen LogP contribution in [0.25, 0.3) is 0 Å². The van der Waals surface area contributed by atoms with Crippen molar-refractivity contribution in [2.75, 3.05) is 5.75 Å². The number of carbonyl (C=O) groups excluding carboxylic acids is 2. The maximum absolute atomic E-state index is 12.6. The highest BCUT2D eigenvalue weighted by Crippen LogP contribution is 2.29. The standard InChI is InChI=1S/C19H19F3N2O4S/c20-19(21,22)14-8-6-13(7-9-14)12-17(25)24-16(18(23)26)10-11-29(27,28)15-4-2-1-3-5-15/h1-9,16H,10-12H2,(H2,23,26)(H,24,25)/t16-/m1/s1. The van der Waals surface area contributed by atoms with Gasteiger partial charge in [-0.05, 0) is 36.2 Å². The normalized spacial score (nSPS) is 12.9. The van der Waals surface area contributed by atoms with Gasteiger partial charge >= 0.3 is 6.18 Å². The van der Waals surface area contributed by atoms with Crippen LogP contribution in [0.3, 0.4) is 0 Å². The van der Waals surface area contributed by atoms with Crippen LogP contribution in [-0.2, 0) is 32.0 Å². The Kier molecular flexibility index (Phi) is 7.02. The van der Waals surface area contributed by atoms with E-state index >= 15 is 0 Å². The second-order valence-corrected chi connectivity index (χ2v) is 8.42. The van der Waals surface area contributed by atoms with Gasteiger partial charge in [-0.3, -0.25) is 9.59 Å². The lowest BCUT2D eigenvalue weighted by Gasteiger charge is -2.16. The van der Waals surface area contributed by atoms with Crippen molar-refractivity contribution in [3.63, 3.8) is 0 Å². The third-order valence-electron chi connectivity index (χ3n) is 4.10. The molecule has 0 saturated carbocycles. The molecule has 3 N–H and O–H groups in total. The molecule has 2 amide bonds. The predicted molar refractivity (Wildman–Crippen MR) is 99.4 cm³/mol. The first-order valence-corrected chi connectivity index (χ1v) is 10.2. The van der Waals surface area contributed by atoms with E-state index in [9.17, 15) is 31.2 Å². The van der Waals surface area contributed by atoms with Gasteiger partial charge in [-0.1, -0.05) is 30.3 Å². The number of hydrogen-bond acceptors (Lipinski definition) is 4. The van der Waals surface area contributed by atoms with Crippen molar-refractivity contribution in [3.8, 4) is 0 Å². The quantitative estimate of drug-likeness (QED) is 0.671. The van der Waals surface area contributed by atoms with Crippen molar-refractivity contribution in [3.05, 3.63) is 65.7 Å². The number of primary amides is 1. The highest BCUT2D eigenvalue weighted by Gasteiger charge is 2.30. The van der Waals surface area contributed by atoms with E-state index in [1.165, 1.54) is 12.1 Å². The van der Waals surface area contributed by atoms with Crippen molar-refractivity contribution >= 4 is 21.7 Å². The Hall–Kier alpha value is -2.88. The summed E-state index contributed by atoms with van der Waals surface area (Å²) in [4.78, 5) is 23.8. The zero-order valence-corrected chi connectivity index (χ0v) is 16.0. The van der Waals surface area contributed by atoms with Crippen LogP contribution in [0.5, 0.6) is 0 Å². The molecule has 6 nitrogen and oxygen atoms in total. The minimum absolute atomic E-state index is 0.0827. The van der Waals surface area contributed by atoms with E-state index in [1.807, 2.05) is 0 Å². The second kappa shape index (κ2) is 9.08. The number of benzene rings is 2. The molecule has 0 aliphatic rings. The van der Waals surface area contributed by atoms with Gasteiger partial charge < -0.3 is 11.1 Å². The van der Waals surface area contributed by atoms with Crippen LogP contribution in [0.2, 0.25) is 0 Å². The van der Waals surface area contributed by atoms with Gasteiger partial charge in [0.25, 0.3) is 0 Å². The smallest absolute Gasteiger partial charge is 0.368 e. The molecule has 10 heteroatoms. The fraction of sp³-hybridized carbons (Fsp3) is 0.263. The minimum Gasteiger partial charge on any atom is -0.368 e. The van der Waals surface area contributed by atoms with Crippen molar-refractivity contribution in [1.82, 2.24) is 5.32 Å². The molecule has 0 aliphatic carbocycles. The van der Waals surface area contributed by atoms with Crippen LogP contribution in [-0.4, -0.2) is 32.0 Å². The van der Waals surface area contributed by atoms with E-state index in [1.54, 1.807) is 18.2 Å². The third kappa shape index (κ3) is 6.60. The lowest BCUT2D eigenvalue weighted by molar-refractivity contribution is -0.137. The molecular weight excluding hydrogens is 409 g/mol. The summed E-state index contributed by atoms with van der Waals surface area (Å²) in [6.07, 6.45) is -5.00. The average molecular weight is 428 g/mol. The number of halogens is 3. The monoisotopic (exact) mass is 428 g/mol. The van der Waals surface area contributed by atoms with Gasteiger partial charge in [0.2, 0.25) is 11.8 Å². The van der Waals surface area contributed by atoms with Crippen LogP contribution in [0.4, 0.5) is 13.2 Å². The third-order valence-corrected chi connectivity index (χ3v) is 5.87. The van der Waals surface area contributed by atoms with Gasteiger partial charge in [0.15, 0.2) is 9.84 Å². The van der Waals surface area contributed by atoms with Gasteiger partial charge in [-0.2, -0.15) is 13.2 Å². The Morgan fingerprint density at radius 2 is 1.59 bits per heavy atom. The fourth-order valence-corrected chi connectivity index (χ4v) is 3.90. The lowest BCUT2D eigenvalue weighted by Crippen LogP contribution is -2.45. The zero-order chi connectivity index (χ0) is 21.7. The highest BCUT2D eigenvalue weighted by molar-refractivity contribution is 7.91. The Morgan fingerprint density at radius 3 is 2.10 bits per heavy atom. The maximum Gasteiger partial charge on any atom is 0.416 e. The SMILES string of the molecule is NC(=O)[C@@H](CCS(=O)(=O)c1ccccc1)NC(=O)Cc1ccc(C(F)(F)F)cc1. The molecule has 0 saturated heterocycles. The number of sulfone groups is 1. The number of carbonyl (C=O) groups is 2. The van der Waals surface area contributed by atoms with Crippen LogP contribution < -0.4 is 11.1 Å². The van der Waals surface area contributed by atoms with E-state index in [-0.39, 0.29) is 17.7 Å². The van der Waals surface area contributed by atoms with E-state index in [2.05, 4.69) is 5.32 Å². The van der Waals surface area contributed by atoms with Gasteiger partial charge in [0.1, 0.15) is 6.04 Å². The lowest BCUT2D eigenvalue weighted by atomic mass is 10.1. The molecule has 1 atom stereocenters. The van der Waals surface area contributed by atoms with Crippen LogP contribution in [0.15, 0.2) is 59.5 Å². The largest absolute Gasteiger partial charge is 0.416 e. The Balaban J connectivity index is 1.98. The second-order valence-electron chi connectivity index (χ2n) is 6.31. The number of hydrogen-bond donors (Lipinski definition) is 2. The summed E-state index contributed by atoms with van der Waals surface area (Å²) in [5.74, 6) is -1.98. The van der Waals surface area contributed by atoms with Gasteiger partial charge in [-0.15, -0.1) is 0 Å². The maximum atomic E-state index is 12.6. The van der Waals surface area contributed by atoms with Crippen molar-refractivity contribution in [2.45, 2.75) is 30.0 Å². The zero-order valence-electron chi connectivity index (χ0n) is 15.1. The first kappa shape index (κ1) is 22.4. The van der Waals surface area contributed by atoms with Crippen LogP contribution in [0, 0.1) is 0 Å². The summed E-state index contributed by atoms with van der Waals surface area (Å²) >= 11 is 0.